The Kier molecular flexibility index (Phi) is 6.56. The SMILES string of the molecule is CC(=O)N(C(=O)/C(C#N)=C\Nc1c(C)cccc1C(C)C)c1ccc(N)cc1. The number of rotatable bonds is 5. The molecule has 0 radical (unpaired) electrons. The second-order valence-corrected chi connectivity index (χ2v) is 6.76. The first-order valence-corrected chi connectivity index (χ1v) is 8.93. The molecule has 2 aromatic carbocycles. The third-order valence-electron chi connectivity index (χ3n) is 4.31. The number of nitrogen functional groups attached to an aromatic ring is 1. The van der Waals surface area contributed by atoms with Crippen molar-refractivity contribution in [2.24, 2.45) is 0 Å². The number of carbonyl (C=O) groups is 2. The van der Waals surface area contributed by atoms with Gasteiger partial charge in [-0.3, -0.25) is 9.59 Å². The number of para-hydroxylation sites is 1. The maximum Gasteiger partial charge on any atom is 0.277 e. The van der Waals surface area contributed by atoms with Gasteiger partial charge in [0.1, 0.15) is 11.6 Å². The molecule has 3 N–H and O–H groups in total. The molecular formula is C22H24N4O2. The molecule has 0 aliphatic heterocycles. The fraction of sp³-hybridized carbons (Fsp3) is 0.227. The lowest BCUT2D eigenvalue weighted by molar-refractivity contribution is -0.123. The van der Waals surface area contributed by atoms with Gasteiger partial charge in [0.25, 0.3) is 5.91 Å². The first-order valence-electron chi connectivity index (χ1n) is 8.93. The number of nitriles is 1. The Morgan fingerprint density at radius 1 is 1.18 bits per heavy atom. The van der Waals surface area contributed by atoms with E-state index in [9.17, 15) is 14.9 Å². The molecule has 0 atom stereocenters. The first-order chi connectivity index (χ1) is 13.3. The topological polar surface area (TPSA) is 99.2 Å². The van der Waals surface area contributed by atoms with Crippen LogP contribution in [0.1, 0.15) is 37.8 Å². The third-order valence-corrected chi connectivity index (χ3v) is 4.31. The van der Waals surface area contributed by atoms with E-state index in [4.69, 9.17) is 5.73 Å². The predicted octanol–water partition coefficient (Wildman–Crippen LogP) is 4.10. The van der Waals surface area contributed by atoms with Crippen LogP contribution in [0.4, 0.5) is 17.1 Å². The summed E-state index contributed by atoms with van der Waals surface area (Å²) in [5.74, 6) is -0.929. The molecule has 144 valence electrons. The fourth-order valence-corrected chi connectivity index (χ4v) is 2.84. The molecule has 6 nitrogen and oxygen atoms in total. The summed E-state index contributed by atoms with van der Waals surface area (Å²) >= 11 is 0. The zero-order valence-electron chi connectivity index (χ0n) is 16.5. The molecule has 0 aliphatic rings. The highest BCUT2D eigenvalue weighted by Crippen LogP contribution is 2.28. The van der Waals surface area contributed by atoms with Crippen molar-refractivity contribution in [1.82, 2.24) is 0 Å². The number of amides is 2. The lowest BCUT2D eigenvalue weighted by Gasteiger charge is -2.19. The van der Waals surface area contributed by atoms with E-state index in [0.717, 1.165) is 21.7 Å². The van der Waals surface area contributed by atoms with Crippen LogP contribution in [0, 0.1) is 18.3 Å². The molecular weight excluding hydrogens is 352 g/mol. The van der Waals surface area contributed by atoms with E-state index in [1.807, 2.05) is 31.2 Å². The summed E-state index contributed by atoms with van der Waals surface area (Å²) in [7, 11) is 0. The highest BCUT2D eigenvalue weighted by atomic mass is 16.2. The van der Waals surface area contributed by atoms with Crippen LogP contribution in [0.25, 0.3) is 0 Å². The minimum atomic E-state index is -0.702. The highest BCUT2D eigenvalue weighted by Gasteiger charge is 2.24. The van der Waals surface area contributed by atoms with Crippen LogP contribution in [0.5, 0.6) is 0 Å². The van der Waals surface area contributed by atoms with Gasteiger partial charge < -0.3 is 11.1 Å². The number of carbonyl (C=O) groups excluding carboxylic acids is 2. The Morgan fingerprint density at radius 2 is 1.82 bits per heavy atom. The summed E-state index contributed by atoms with van der Waals surface area (Å²) in [5, 5.41) is 12.6. The van der Waals surface area contributed by atoms with E-state index in [1.54, 1.807) is 24.3 Å². The number of nitrogens with zero attached hydrogens (tertiary/aromatic N) is 2. The molecule has 0 unspecified atom stereocenters. The van der Waals surface area contributed by atoms with Gasteiger partial charge in [0, 0.05) is 24.5 Å². The number of imide groups is 1. The van der Waals surface area contributed by atoms with Crippen LogP contribution in [0.3, 0.4) is 0 Å². The summed E-state index contributed by atoms with van der Waals surface area (Å²) in [5.41, 5.74) is 9.27. The monoisotopic (exact) mass is 376 g/mol. The quantitative estimate of drug-likeness (QED) is 0.465. The summed E-state index contributed by atoms with van der Waals surface area (Å²) in [4.78, 5) is 25.9. The van der Waals surface area contributed by atoms with Crippen LogP contribution < -0.4 is 16.0 Å². The number of aryl methyl sites for hydroxylation is 1. The first kappa shape index (κ1) is 20.7. The molecule has 2 amide bonds. The van der Waals surface area contributed by atoms with Crippen LogP contribution in [0.2, 0.25) is 0 Å². The lowest BCUT2D eigenvalue weighted by atomic mass is 9.98. The van der Waals surface area contributed by atoms with Gasteiger partial charge in [-0.1, -0.05) is 32.0 Å². The largest absolute Gasteiger partial charge is 0.399 e. The second kappa shape index (κ2) is 8.87. The van der Waals surface area contributed by atoms with E-state index in [2.05, 4.69) is 19.2 Å². The number of nitrogens with two attached hydrogens (primary N) is 1. The van der Waals surface area contributed by atoms with E-state index < -0.39 is 11.8 Å². The smallest absolute Gasteiger partial charge is 0.277 e. The van der Waals surface area contributed by atoms with Gasteiger partial charge in [-0.2, -0.15) is 5.26 Å². The van der Waals surface area contributed by atoms with Gasteiger partial charge in [-0.15, -0.1) is 0 Å². The minimum Gasteiger partial charge on any atom is -0.399 e. The molecule has 0 bridgehead atoms. The Morgan fingerprint density at radius 3 is 2.36 bits per heavy atom. The van der Waals surface area contributed by atoms with Crippen molar-refractivity contribution in [3.8, 4) is 6.07 Å². The number of hydrogen-bond acceptors (Lipinski definition) is 5. The summed E-state index contributed by atoms with van der Waals surface area (Å²) in [6.45, 7) is 7.36. The molecule has 0 aliphatic carbocycles. The van der Waals surface area contributed by atoms with Gasteiger partial charge in [0.05, 0.1) is 5.69 Å². The summed E-state index contributed by atoms with van der Waals surface area (Å²) in [6, 6.07) is 14.1. The van der Waals surface area contributed by atoms with Crippen LogP contribution >= 0.6 is 0 Å². The number of benzene rings is 2. The van der Waals surface area contributed by atoms with Crippen LogP contribution in [-0.2, 0) is 9.59 Å². The zero-order valence-corrected chi connectivity index (χ0v) is 16.5. The van der Waals surface area contributed by atoms with E-state index in [1.165, 1.54) is 13.1 Å². The van der Waals surface area contributed by atoms with E-state index >= 15 is 0 Å². The Bertz CT molecular complexity index is 953. The minimum absolute atomic E-state index is 0.176. The predicted molar refractivity (Wildman–Crippen MR) is 112 cm³/mol. The Hall–Kier alpha value is -3.59. The lowest BCUT2D eigenvalue weighted by Crippen LogP contribution is -2.36. The summed E-state index contributed by atoms with van der Waals surface area (Å²) < 4.78 is 0. The van der Waals surface area contributed by atoms with Crippen molar-refractivity contribution < 1.29 is 9.59 Å². The number of hydrogen-bond donors (Lipinski definition) is 2. The molecule has 0 fully saturated rings. The van der Waals surface area contributed by atoms with Gasteiger partial charge in [0.15, 0.2) is 0 Å². The van der Waals surface area contributed by atoms with Crippen molar-refractivity contribution in [3.05, 3.63) is 65.4 Å². The molecule has 0 saturated carbocycles. The average Bonchev–Trinajstić information content (AvgIpc) is 2.64. The fourth-order valence-electron chi connectivity index (χ4n) is 2.84. The Balaban J connectivity index is 2.38. The average molecular weight is 376 g/mol. The molecule has 6 heteroatoms. The molecule has 0 aromatic heterocycles. The second-order valence-electron chi connectivity index (χ2n) is 6.76. The van der Waals surface area contributed by atoms with E-state index in [0.29, 0.717) is 11.4 Å². The Labute approximate surface area is 165 Å². The molecule has 28 heavy (non-hydrogen) atoms. The van der Waals surface area contributed by atoms with Crippen molar-refractivity contribution in [3.63, 3.8) is 0 Å². The van der Waals surface area contributed by atoms with Gasteiger partial charge in [0.2, 0.25) is 5.91 Å². The third kappa shape index (κ3) is 4.57. The molecule has 0 spiro atoms. The zero-order chi connectivity index (χ0) is 20.8. The van der Waals surface area contributed by atoms with Gasteiger partial charge in [-0.05, 0) is 48.2 Å². The maximum atomic E-state index is 12.9. The van der Waals surface area contributed by atoms with Gasteiger partial charge >= 0.3 is 0 Å². The van der Waals surface area contributed by atoms with Gasteiger partial charge in [-0.25, -0.2) is 4.90 Å². The molecule has 0 saturated heterocycles. The molecule has 2 rings (SSSR count). The number of anilines is 3. The standard InChI is InChI=1S/C22H24N4O2/c1-14(2)20-7-5-6-15(3)21(20)25-13-17(12-23)22(28)26(16(4)27)19-10-8-18(24)9-11-19/h5-11,13-14,25H,24H2,1-4H3/b17-13-. The molecule has 2 aromatic rings. The normalized spacial score (nSPS) is 11.1. The van der Waals surface area contributed by atoms with Crippen molar-refractivity contribution in [1.29, 1.82) is 5.26 Å². The van der Waals surface area contributed by atoms with Crippen molar-refractivity contribution >= 4 is 28.9 Å². The van der Waals surface area contributed by atoms with Crippen LogP contribution in [0.15, 0.2) is 54.2 Å². The van der Waals surface area contributed by atoms with Crippen molar-refractivity contribution in [2.75, 3.05) is 16.0 Å². The highest BCUT2D eigenvalue weighted by molar-refractivity contribution is 6.21. The number of nitrogens with one attached hydrogen (secondary N) is 1. The van der Waals surface area contributed by atoms with Crippen LogP contribution in [-0.4, -0.2) is 11.8 Å². The molecule has 0 heterocycles. The maximum absolute atomic E-state index is 12.9. The van der Waals surface area contributed by atoms with E-state index in [-0.39, 0.29) is 11.5 Å². The van der Waals surface area contributed by atoms with Crippen molar-refractivity contribution in [2.45, 2.75) is 33.6 Å². The summed E-state index contributed by atoms with van der Waals surface area (Å²) in [6.07, 6.45) is 1.35.